The number of rotatable bonds is 4. The second kappa shape index (κ2) is 5.82. The van der Waals surface area contributed by atoms with Gasteiger partial charge in [-0.2, -0.15) is 0 Å². The molecule has 19 heavy (non-hydrogen) atoms. The van der Waals surface area contributed by atoms with E-state index >= 15 is 0 Å². The summed E-state index contributed by atoms with van der Waals surface area (Å²) in [5.74, 6) is 0.335. The monoisotopic (exact) mass is 267 g/mol. The van der Waals surface area contributed by atoms with Crippen LogP contribution >= 0.6 is 0 Å². The van der Waals surface area contributed by atoms with Gasteiger partial charge in [0.2, 0.25) is 0 Å². The molecule has 4 atom stereocenters. The third-order valence-corrected chi connectivity index (χ3v) is 5.20. The van der Waals surface area contributed by atoms with E-state index in [1.165, 1.54) is 19.3 Å². The standard InChI is InChI=1S/C16H29NO2/c1-11-8-16(2,3)9-14(11)17-10-12-6-4-5-7-13(12)15(18)19/h11-14,17H,4-10H2,1-3H3,(H,18,19). The van der Waals surface area contributed by atoms with Gasteiger partial charge in [-0.25, -0.2) is 0 Å². The van der Waals surface area contributed by atoms with Crippen LogP contribution in [-0.2, 0) is 4.79 Å². The second-order valence-corrected chi connectivity index (χ2v) is 7.55. The van der Waals surface area contributed by atoms with Crippen molar-refractivity contribution in [3.05, 3.63) is 0 Å². The van der Waals surface area contributed by atoms with E-state index in [0.717, 1.165) is 25.8 Å². The quantitative estimate of drug-likeness (QED) is 0.821. The highest BCUT2D eigenvalue weighted by Crippen LogP contribution is 2.41. The smallest absolute Gasteiger partial charge is 0.306 e. The van der Waals surface area contributed by atoms with Gasteiger partial charge in [-0.05, 0) is 49.5 Å². The summed E-state index contributed by atoms with van der Waals surface area (Å²) in [5.41, 5.74) is 0.440. The maximum atomic E-state index is 11.3. The Hall–Kier alpha value is -0.570. The predicted molar refractivity (Wildman–Crippen MR) is 77.1 cm³/mol. The summed E-state index contributed by atoms with van der Waals surface area (Å²) in [6.07, 6.45) is 6.72. The number of aliphatic carboxylic acids is 1. The maximum absolute atomic E-state index is 11.3. The zero-order valence-electron chi connectivity index (χ0n) is 12.6. The normalized spacial score (nSPS) is 38.3. The van der Waals surface area contributed by atoms with E-state index in [9.17, 15) is 9.90 Å². The fourth-order valence-electron chi connectivity index (χ4n) is 4.25. The average Bonchev–Trinajstić information content (AvgIpc) is 2.60. The Kier molecular flexibility index (Phi) is 4.54. The molecule has 0 aromatic rings. The molecule has 2 fully saturated rings. The van der Waals surface area contributed by atoms with E-state index in [2.05, 4.69) is 26.1 Å². The number of carbonyl (C=O) groups is 1. The largest absolute Gasteiger partial charge is 0.481 e. The minimum absolute atomic E-state index is 0.119. The van der Waals surface area contributed by atoms with Crippen LogP contribution < -0.4 is 5.32 Å². The molecule has 0 amide bonds. The predicted octanol–water partition coefficient (Wildman–Crippen LogP) is 3.29. The van der Waals surface area contributed by atoms with E-state index in [-0.39, 0.29) is 5.92 Å². The maximum Gasteiger partial charge on any atom is 0.306 e. The first-order chi connectivity index (χ1) is 8.89. The molecule has 2 aliphatic carbocycles. The number of carboxylic acids is 1. The van der Waals surface area contributed by atoms with Crippen LogP contribution in [-0.4, -0.2) is 23.7 Å². The average molecular weight is 267 g/mol. The molecule has 2 N–H and O–H groups in total. The van der Waals surface area contributed by atoms with Crippen LogP contribution in [0.1, 0.15) is 59.3 Å². The molecule has 0 aromatic carbocycles. The molecule has 0 aliphatic heterocycles. The zero-order chi connectivity index (χ0) is 14.0. The number of carboxylic acid groups (broad SMARTS) is 1. The second-order valence-electron chi connectivity index (χ2n) is 7.55. The molecule has 2 saturated carbocycles. The number of hydrogen-bond donors (Lipinski definition) is 2. The fraction of sp³-hybridized carbons (Fsp3) is 0.938. The van der Waals surface area contributed by atoms with Crippen LogP contribution in [0, 0.1) is 23.2 Å². The Balaban J connectivity index is 1.85. The van der Waals surface area contributed by atoms with Gasteiger partial charge in [0.05, 0.1) is 5.92 Å². The molecule has 110 valence electrons. The van der Waals surface area contributed by atoms with Crippen LogP contribution in [0.3, 0.4) is 0 Å². The van der Waals surface area contributed by atoms with Gasteiger partial charge in [0.15, 0.2) is 0 Å². The van der Waals surface area contributed by atoms with Crippen LogP contribution in [0.15, 0.2) is 0 Å². The zero-order valence-corrected chi connectivity index (χ0v) is 12.6. The molecular formula is C16H29NO2. The van der Waals surface area contributed by atoms with E-state index < -0.39 is 5.97 Å². The molecule has 3 heteroatoms. The van der Waals surface area contributed by atoms with E-state index in [0.29, 0.717) is 23.3 Å². The highest BCUT2D eigenvalue weighted by molar-refractivity contribution is 5.70. The number of nitrogens with one attached hydrogen (secondary N) is 1. The van der Waals surface area contributed by atoms with Gasteiger partial charge in [-0.15, -0.1) is 0 Å². The molecule has 0 saturated heterocycles. The van der Waals surface area contributed by atoms with E-state index in [4.69, 9.17) is 0 Å². The lowest BCUT2D eigenvalue weighted by molar-refractivity contribution is -0.144. The van der Waals surface area contributed by atoms with Crippen molar-refractivity contribution >= 4 is 5.97 Å². The first-order valence-corrected chi connectivity index (χ1v) is 7.85. The van der Waals surface area contributed by atoms with E-state index in [1.807, 2.05) is 0 Å². The van der Waals surface area contributed by atoms with Crippen molar-refractivity contribution in [3.8, 4) is 0 Å². The third kappa shape index (κ3) is 3.71. The lowest BCUT2D eigenvalue weighted by Gasteiger charge is -2.30. The molecular weight excluding hydrogens is 238 g/mol. The van der Waals surface area contributed by atoms with E-state index in [1.54, 1.807) is 0 Å². The molecule has 0 radical (unpaired) electrons. The van der Waals surface area contributed by atoms with Crippen LogP contribution in [0.4, 0.5) is 0 Å². The minimum atomic E-state index is -0.591. The van der Waals surface area contributed by atoms with Crippen LogP contribution in [0.25, 0.3) is 0 Å². The van der Waals surface area contributed by atoms with Gasteiger partial charge < -0.3 is 10.4 Å². The summed E-state index contributed by atoms with van der Waals surface area (Å²) in [6, 6.07) is 0.575. The topological polar surface area (TPSA) is 49.3 Å². The van der Waals surface area contributed by atoms with Gasteiger partial charge in [0.1, 0.15) is 0 Å². The van der Waals surface area contributed by atoms with Crippen molar-refractivity contribution in [2.24, 2.45) is 23.2 Å². The Labute approximate surface area is 117 Å². The molecule has 2 aliphatic rings. The molecule has 0 heterocycles. The van der Waals surface area contributed by atoms with Crippen molar-refractivity contribution in [3.63, 3.8) is 0 Å². The lowest BCUT2D eigenvalue weighted by Crippen LogP contribution is -2.40. The first-order valence-electron chi connectivity index (χ1n) is 7.85. The Bertz CT molecular complexity index is 327. The van der Waals surface area contributed by atoms with Crippen molar-refractivity contribution in [1.82, 2.24) is 5.32 Å². The third-order valence-electron chi connectivity index (χ3n) is 5.20. The van der Waals surface area contributed by atoms with Crippen LogP contribution in [0.2, 0.25) is 0 Å². The minimum Gasteiger partial charge on any atom is -0.481 e. The lowest BCUT2D eigenvalue weighted by atomic mass is 9.79. The molecule has 2 rings (SSSR count). The van der Waals surface area contributed by atoms with Gasteiger partial charge in [0.25, 0.3) is 0 Å². The summed E-state index contributed by atoms with van der Waals surface area (Å²) < 4.78 is 0. The molecule has 0 spiro atoms. The summed E-state index contributed by atoms with van der Waals surface area (Å²) in [4.78, 5) is 11.3. The molecule has 4 unspecified atom stereocenters. The molecule has 0 aromatic heterocycles. The van der Waals surface area contributed by atoms with Crippen molar-refractivity contribution in [2.45, 2.75) is 65.3 Å². The summed E-state index contributed by atoms with van der Waals surface area (Å²) in [7, 11) is 0. The Morgan fingerprint density at radius 1 is 1.26 bits per heavy atom. The Morgan fingerprint density at radius 2 is 1.95 bits per heavy atom. The van der Waals surface area contributed by atoms with Gasteiger partial charge in [0, 0.05) is 6.04 Å². The highest BCUT2D eigenvalue weighted by atomic mass is 16.4. The Morgan fingerprint density at radius 3 is 2.53 bits per heavy atom. The molecule has 0 bridgehead atoms. The van der Waals surface area contributed by atoms with Gasteiger partial charge in [-0.1, -0.05) is 33.6 Å². The summed E-state index contributed by atoms with van der Waals surface area (Å²) in [5, 5.41) is 13.0. The van der Waals surface area contributed by atoms with Crippen molar-refractivity contribution in [2.75, 3.05) is 6.54 Å². The van der Waals surface area contributed by atoms with Crippen molar-refractivity contribution < 1.29 is 9.90 Å². The number of hydrogen-bond acceptors (Lipinski definition) is 2. The van der Waals surface area contributed by atoms with Gasteiger partial charge >= 0.3 is 5.97 Å². The summed E-state index contributed by atoms with van der Waals surface area (Å²) in [6.45, 7) is 7.89. The summed E-state index contributed by atoms with van der Waals surface area (Å²) >= 11 is 0. The van der Waals surface area contributed by atoms with Gasteiger partial charge in [-0.3, -0.25) is 4.79 Å². The highest BCUT2D eigenvalue weighted by Gasteiger charge is 2.37. The van der Waals surface area contributed by atoms with Crippen LogP contribution in [0.5, 0.6) is 0 Å². The fourth-order valence-corrected chi connectivity index (χ4v) is 4.25. The van der Waals surface area contributed by atoms with Crippen molar-refractivity contribution in [1.29, 1.82) is 0 Å². The first kappa shape index (κ1) is 14.8. The SMILES string of the molecule is CC1CC(C)(C)CC1NCC1CCCCC1C(=O)O. The molecule has 3 nitrogen and oxygen atoms in total.